The first-order valence-electron chi connectivity index (χ1n) is 11.0. The molecule has 1 N–H and O–H groups in total. The third-order valence-electron chi connectivity index (χ3n) is 5.64. The zero-order valence-corrected chi connectivity index (χ0v) is 19.8. The van der Waals surface area contributed by atoms with E-state index in [1.165, 1.54) is 18.0 Å². The van der Waals surface area contributed by atoms with Crippen LogP contribution in [0.4, 0.5) is 5.69 Å². The molecule has 0 saturated heterocycles. The molecule has 34 heavy (non-hydrogen) atoms. The number of aryl methyl sites for hydroxylation is 1. The van der Waals surface area contributed by atoms with Crippen molar-refractivity contribution in [1.29, 1.82) is 5.26 Å². The lowest BCUT2D eigenvalue weighted by atomic mass is 10.1. The third-order valence-corrected chi connectivity index (χ3v) is 5.64. The van der Waals surface area contributed by atoms with Gasteiger partial charge in [-0.3, -0.25) is 9.59 Å². The molecule has 0 radical (unpaired) electrons. The first-order valence-corrected chi connectivity index (χ1v) is 11.0. The maximum Gasteiger partial charge on any atom is 0.349 e. The van der Waals surface area contributed by atoms with E-state index in [-0.39, 0.29) is 18.0 Å². The molecule has 1 atom stereocenters. The second-order valence-electron chi connectivity index (χ2n) is 7.92. The van der Waals surface area contributed by atoms with E-state index < -0.39 is 24.6 Å². The highest BCUT2D eigenvalue weighted by Crippen LogP contribution is 2.33. The van der Waals surface area contributed by atoms with Crippen molar-refractivity contribution in [3.05, 3.63) is 52.9 Å². The lowest BCUT2D eigenvalue weighted by Crippen LogP contribution is -2.51. The Labute approximate surface area is 198 Å². The smallest absolute Gasteiger partial charge is 0.349 e. The van der Waals surface area contributed by atoms with Gasteiger partial charge in [-0.15, -0.1) is 0 Å². The summed E-state index contributed by atoms with van der Waals surface area (Å²) in [5.41, 5.74) is 3.00. The number of nitriles is 1. The van der Waals surface area contributed by atoms with Crippen LogP contribution < -0.4 is 15.0 Å². The Morgan fingerprint density at radius 1 is 1.29 bits per heavy atom. The Kier molecular flexibility index (Phi) is 7.74. The molecule has 2 amide bonds. The van der Waals surface area contributed by atoms with Gasteiger partial charge < -0.3 is 24.3 Å². The van der Waals surface area contributed by atoms with Crippen LogP contribution in [0, 0.1) is 25.2 Å². The second-order valence-corrected chi connectivity index (χ2v) is 7.92. The molecule has 1 aromatic heterocycles. The van der Waals surface area contributed by atoms with Crippen molar-refractivity contribution < 1.29 is 23.9 Å². The van der Waals surface area contributed by atoms with Crippen LogP contribution in [0.2, 0.25) is 0 Å². The highest BCUT2D eigenvalue weighted by Gasteiger charge is 2.33. The van der Waals surface area contributed by atoms with E-state index in [1.807, 2.05) is 26.0 Å². The van der Waals surface area contributed by atoms with Crippen LogP contribution in [0.3, 0.4) is 0 Å². The molecule has 0 aliphatic carbocycles. The van der Waals surface area contributed by atoms with Crippen LogP contribution in [0.15, 0.2) is 35.9 Å². The minimum absolute atomic E-state index is 0.0303. The molecule has 2 heterocycles. The number of carbonyl (C=O) groups excluding carboxylic acids is 3. The number of rotatable bonds is 7. The van der Waals surface area contributed by atoms with Gasteiger partial charge in [-0.1, -0.05) is 19.1 Å². The summed E-state index contributed by atoms with van der Waals surface area (Å²) in [7, 11) is 1.48. The molecule has 3 rings (SSSR count). The second kappa shape index (κ2) is 10.7. The normalized spacial score (nSPS) is 15.1. The van der Waals surface area contributed by atoms with Crippen molar-refractivity contribution in [2.75, 3.05) is 25.1 Å². The van der Waals surface area contributed by atoms with Gasteiger partial charge in [-0.05, 0) is 50.1 Å². The van der Waals surface area contributed by atoms with Crippen molar-refractivity contribution in [2.24, 2.45) is 0 Å². The van der Waals surface area contributed by atoms with Gasteiger partial charge >= 0.3 is 5.97 Å². The summed E-state index contributed by atoms with van der Waals surface area (Å²) in [5.74, 6) is -1.42. The summed E-state index contributed by atoms with van der Waals surface area (Å²) in [6, 6.07) is 10.6. The molecule has 0 spiro atoms. The monoisotopic (exact) mass is 464 g/mol. The molecule has 1 aromatic carbocycles. The van der Waals surface area contributed by atoms with Crippen molar-refractivity contribution in [2.45, 2.75) is 39.8 Å². The fraction of sp³-hybridized carbons (Fsp3) is 0.360. The molecular weight excluding hydrogens is 436 g/mol. The molecule has 0 bridgehead atoms. The maximum absolute atomic E-state index is 12.9. The van der Waals surface area contributed by atoms with Gasteiger partial charge in [0.25, 0.3) is 11.8 Å². The summed E-state index contributed by atoms with van der Waals surface area (Å²) < 4.78 is 13.0. The Morgan fingerprint density at radius 2 is 2.03 bits per heavy atom. The number of hydrogen-bond acceptors (Lipinski definition) is 6. The first kappa shape index (κ1) is 24.6. The number of amides is 2. The summed E-state index contributed by atoms with van der Waals surface area (Å²) in [6.07, 6.45) is 1.54. The molecule has 0 fully saturated rings. The fourth-order valence-corrected chi connectivity index (χ4v) is 3.88. The summed E-state index contributed by atoms with van der Waals surface area (Å²) in [5, 5.41) is 12.0. The first-order chi connectivity index (χ1) is 16.3. The maximum atomic E-state index is 12.9. The number of likely N-dealkylation sites (N-methyl/N-ethyl adjacent to an activating group) is 1. The van der Waals surface area contributed by atoms with Gasteiger partial charge in [0.1, 0.15) is 17.4 Å². The van der Waals surface area contributed by atoms with E-state index in [2.05, 4.69) is 16.8 Å². The number of carbonyl (C=O) groups is 3. The Bertz CT molecular complexity index is 1170. The lowest BCUT2D eigenvalue weighted by molar-refractivity contribution is -0.143. The van der Waals surface area contributed by atoms with E-state index >= 15 is 0 Å². The van der Waals surface area contributed by atoms with Gasteiger partial charge in [-0.25, -0.2) is 4.79 Å². The Balaban J connectivity index is 1.74. The average Bonchev–Trinajstić information content (AvgIpc) is 3.11. The predicted octanol–water partition coefficient (Wildman–Crippen LogP) is 2.51. The van der Waals surface area contributed by atoms with E-state index in [9.17, 15) is 19.6 Å². The molecule has 0 saturated carbocycles. The zero-order valence-electron chi connectivity index (χ0n) is 19.8. The Hall–Kier alpha value is -4.06. The zero-order chi connectivity index (χ0) is 24.8. The van der Waals surface area contributed by atoms with E-state index in [4.69, 9.17) is 9.47 Å². The number of para-hydroxylation sites is 2. The van der Waals surface area contributed by atoms with Crippen LogP contribution in [0.25, 0.3) is 6.08 Å². The number of fused-ring (bicyclic) bond motifs is 1. The largest absolute Gasteiger partial charge is 0.477 e. The minimum Gasteiger partial charge on any atom is -0.477 e. The molecule has 1 aliphatic rings. The molecule has 2 aromatic rings. The molecule has 9 nitrogen and oxygen atoms in total. The number of nitrogens with zero attached hydrogens (tertiary/aromatic N) is 3. The van der Waals surface area contributed by atoms with Gasteiger partial charge in [-0.2, -0.15) is 5.26 Å². The third kappa shape index (κ3) is 5.12. The standard InChI is InChI=1S/C25H28N4O5/c1-5-10-28-16(2)11-18(17(28)3)12-19(13-26)25(32)33-15-23(30)29-14-22(24(31)27-4)34-21-9-7-6-8-20(21)29/h6-9,11-12,22H,5,10,14-15H2,1-4H3,(H,27,31)/b19-12+. The number of hydrogen-bond donors (Lipinski definition) is 1. The van der Waals surface area contributed by atoms with Crippen LogP contribution >= 0.6 is 0 Å². The molecule has 9 heteroatoms. The lowest BCUT2D eigenvalue weighted by Gasteiger charge is -2.33. The number of anilines is 1. The van der Waals surface area contributed by atoms with Gasteiger partial charge in [0.05, 0.1) is 12.2 Å². The van der Waals surface area contributed by atoms with Crippen LogP contribution in [0.5, 0.6) is 5.75 Å². The highest BCUT2D eigenvalue weighted by atomic mass is 16.5. The quantitative estimate of drug-likeness (QED) is 0.383. The predicted molar refractivity (Wildman–Crippen MR) is 126 cm³/mol. The molecule has 178 valence electrons. The number of nitrogens with one attached hydrogen (secondary N) is 1. The van der Waals surface area contributed by atoms with E-state index in [1.54, 1.807) is 24.3 Å². The van der Waals surface area contributed by atoms with Crippen molar-refractivity contribution in [1.82, 2.24) is 9.88 Å². The van der Waals surface area contributed by atoms with Crippen LogP contribution in [-0.2, 0) is 25.7 Å². The highest BCUT2D eigenvalue weighted by molar-refractivity contribution is 6.02. The summed E-state index contributed by atoms with van der Waals surface area (Å²) >= 11 is 0. The summed E-state index contributed by atoms with van der Waals surface area (Å²) in [6.45, 7) is 6.20. The molecule has 1 aliphatic heterocycles. The van der Waals surface area contributed by atoms with Gasteiger partial charge in [0.2, 0.25) is 0 Å². The number of ether oxygens (including phenoxy) is 2. The Morgan fingerprint density at radius 3 is 2.71 bits per heavy atom. The number of aromatic nitrogens is 1. The van der Waals surface area contributed by atoms with Crippen LogP contribution in [-0.4, -0.2) is 48.7 Å². The molecular formula is C25H28N4O5. The molecule has 1 unspecified atom stereocenters. The van der Waals surface area contributed by atoms with Crippen molar-refractivity contribution in [3.63, 3.8) is 0 Å². The van der Waals surface area contributed by atoms with Crippen molar-refractivity contribution >= 4 is 29.5 Å². The fourth-order valence-electron chi connectivity index (χ4n) is 3.88. The van der Waals surface area contributed by atoms with Crippen molar-refractivity contribution in [3.8, 4) is 11.8 Å². The topological polar surface area (TPSA) is 114 Å². The van der Waals surface area contributed by atoms with Crippen LogP contribution in [0.1, 0.15) is 30.3 Å². The summed E-state index contributed by atoms with van der Waals surface area (Å²) in [4.78, 5) is 38.9. The number of esters is 1. The minimum atomic E-state index is -0.896. The SMILES string of the molecule is CCCn1c(C)cc(/C=C(\C#N)C(=O)OCC(=O)N2CC(C(=O)NC)Oc3ccccc32)c1C. The van der Waals surface area contributed by atoms with E-state index in [0.717, 1.165) is 29.9 Å². The average molecular weight is 465 g/mol. The van der Waals surface area contributed by atoms with Gasteiger partial charge in [0, 0.05) is 25.0 Å². The number of benzene rings is 1. The van der Waals surface area contributed by atoms with Gasteiger partial charge in [0.15, 0.2) is 12.7 Å². The van der Waals surface area contributed by atoms with E-state index in [0.29, 0.717) is 11.4 Å².